The van der Waals surface area contributed by atoms with Gasteiger partial charge in [-0.15, -0.1) is 0 Å². The number of ketones is 1. The van der Waals surface area contributed by atoms with Crippen molar-refractivity contribution in [1.29, 1.82) is 0 Å². The quantitative estimate of drug-likeness (QED) is 0.649. The van der Waals surface area contributed by atoms with Crippen molar-refractivity contribution in [1.82, 2.24) is 0 Å². The Bertz CT molecular complexity index is 310. The van der Waals surface area contributed by atoms with Crippen LogP contribution >= 0.6 is 0 Å². The number of Topliss-reactive ketones (excluding diaryl/α,β-unsaturated/α-hetero) is 1. The molecular weight excluding hydrogens is 180 g/mol. The van der Waals surface area contributed by atoms with Crippen molar-refractivity contribution >= 4 is 5.78 Å². The molecule has 0 aromatic heterocycles. The molecular formula is C11H14O3. The average Bonchev–Trinajstić information content (AvgIpc) is 2.56. The van der Waals surface area contributed by atoms with E-state index in [4.69, 9.17) is 10.2 Å². The maximum Gasteiger partial charge on any atom is 0.163 e. The highest BCUT2D eigenvalue weighted by atomic mass is 16.3. The largest absolute Gasteiger partial charge is 0.392 e. The smallest absolute Gasteiger partial charge is 0.163 e. The van der Waals surface area contributed by atoms with E-state index in [9.17, 15) is 4.79 Å². The normalized spacial score (nSPS) is 17.9. The maximum absolute atomic E-state index is 11.5. The zero-order valence-corrected chi connectivity index (χ0v) is 7.99. The van der Waals surface area contributed by atoms with E-state index < -0.39 is 0 Å². The maximum atomic E-state index is 11.5. The Morgan fingerprint density at radius 2 is 2.14 bits per heavy atom. The van der Waals surface area contributed by atoms with Gasteiger partial charge in [0.05, 0.1) is 13.2 Å². The Morgan fingerprint density at radius 3 is 2.64 bits per heavy atom. The van der Waals surface area contributed by atoms with Gasteiger partial charge in [-0.05, 0) is 17.6 Å². The van der Waals surface area contributed by atoms with Crippen molar-refractivity contribution in [2.24, 2.45) is 0 Å². The van der Waals surface area contributed by atoms with Crippen LogP contribution in [0.1, 0.15) is 12.8 Å². The van der Waals surface area contributed by atoms with Crippen LogP contribution in [0.15, 0.2) is 35.5 Å². The Labute approximate surface area is 83.1 Å². The highest BCUT2D eigenvalue weighted by Gasteiger charge is 2.24. The van der Waals surface area contributed by atoms with Crippen LogP contribution in [0.5, 0.6) is 0 Å². The lowest BCUT2D eigenvalue weighted by atomic mass is 10.0. The topological polar surface area (TPSA) is 57.5 Å². The number of allylic oxidation sites excluding steroid dienone is 2. The number of hydrogen-bond acceptors (Lipinski definition) is 3. The molecule has 0 radical (unpaired) electrons. The summed E-state index contributed by atoms with van der Waals surface area (Å²) < 4.78 is 0. The van der Waals surface area contributed by atoms with Gasteiger partial charge in [-0.1, -0.05) is 18.7 Å². The molecule has 0 bridgehead atoms. The van der Waals surface area contributed by atoms with E-state index in [2.05, 4.69) is 6.58 Å². The standard InChI is InChI=1S/C11H14O3/c1-2-3-8(6-12)11-9(7-13)4-5-10(11)14/h2-3,12-13H,1,4-7H2. The zero-order valence-electron chi connectivity index (χ0n) is 7.99. The molecule has 0 fully saturated rings. The molecule has 0 aliphatic heterocycles. The van der Waals surface area contributed by atoms with Crippen LogP contribution in [0.4, 0.5) is 0 Å². The van der Waals surface area contributed by atoms with Gasteiger partial charge >= 0.3 is 0 Å². The van der Waals surface area contributed by atoms with E-state index in [1.165, 1.54) is 6.08 Å². The average molecular weight is 194 g/mol. The van der Waals surface area contributed by atoms with E-state index in [1.807, 2.05) is 0 Å². The molecule has 0 heterocycles. The summed E-state index contributed by atoms with van der Waals surface area (Å²) in [6, 6.07) is 0. The Balaban J connectivity index is 3.08. The van der Waals surface area contributed by atoms with Crippen LogP contribution < -0.4 is 0 Å². The van der Waals surface area contributed by atoms with Gasteiger partial charge in [-0.2, -0.15) is 0 Å². The van der Waals surface area contributed by atoms with E-state index in [-0.39, 0.29) is 19.0 Å². The van der Waals surface area contributed by atoms with Gasteiger partial charge in [0.15, 0.2) is 5.78 Å². The van der Waals surface area contributed by atoms with Crippen LogP contribution in [0.3, 0.4) is 0 Å². The van der Waals surface area contributed by atoms with Crippen molar-refractivity contribution in [2.45, 2.75) is 12.8 Å². The molecule has 3 heteroatoms. The van der Waals surface area contributed by atoms with Crippen molar-refractivity contribution < 1.29 is 15.0 Å². The predicted octanol–water partition coefficient (Wildman–Crippen LogP) is 0.743. The molecule has 0 unspecified atom stereocenters. The molecule has 14 heavy (non-hydrogen) atoms. The summed E-state index contributed by atoms with van der Waals surface area (Å²) in [5.41, 5.74) is 1.76. The molecule has 1 aliphatic carbocycles. The molecule has 0 spiro atoms. The molecule has 1 rings (SSSR count). The summed E-state index contributed by atoms with van der Waals surface area (Å²) in [5, 5.41) is 18.1. The van der Waals surface area contributed by atoms with Crippen molar-refractivity contribution in [3.63, 3.8) is 0 Å². The number of hydrogen-bond donors (Lipinski definition) is 2. The van der Waals surface area contributed by atoms with Gasteiger partial charge in [0.25, 0.3) is 0 Å². The SMILES string of the molecule is C=CC=C(CO)C1=C(CO)CCC1=O. The summed E-state index contributed by atoms with van der Waals surface area (Å²) in [6.45, 7) is 3.20. The molecule has 0 aromatic carbocycles. The van der Waals surface area contributed by atoms with Crippen LogP contribution in [-0.4, -0.2) is 29.2 Å². The predicted molar refractivity (Wildman–Crippen MR) is 53.7 cm³/mol. The summed E-state index contributed by atoms with van der Waals surface area (Å²) >= 11 is 0. The monoisotopic (exact) mass is 194 g/mol. The Hall–Kier alpha value is -1.19. The third-order valence-electron chi connectivity index (χ3n) is 2.29. The second-order valence-electron chi connectivity index (χ2n) is 3.15. The van der Waals surface area contributed by atoms with Crippen LogP contribution in [-0.2, 0) is 4.79 Å². The third-order valence-corrected chi connectivity index (χ3v) is 2.29. The lowest BCUT2D eigenvalue weighted by Crippen LogP contribution is -2.05. The fourth-order valence-corrected chi connectivity index (χ4v) is 1.63. The Kier molecular flexibility index (Phi) is 3.80. The first-order chi connectivity index (χ1) is 6.74. The number of aliphatic hydroxyl groups excluding tert-OH is 2. The summed E-state index contributed by atoms with van der Waals surface area (Å²) in [6.07, 6.45) is 4.16. The fraction of sp³-hybridized carbons (Fsp3) is 0.364. The lowest BCUT2D eigenvalue weighted by Gasteiger charge is -2.05. The minimum absolute atomic E-state index is 0.00352. The van der Waals surface area contributed by atoms with Gasteiger partial charge < -0.3 is 10.2 Å². The van der Waals surface area contributed by atoms with Crippen LogP contribution in [0.2, 0.25) is 0 Å². The molecule has 0 amide bonds. The molecule has 0 aromatic rings. The molecule has 2 N–H and O–H groups in total. The van der Waals surface area contributed by atoms with Gasteiger partial charge in [0.1, 0.15) is 0 Å². The first-order valence-corrected chi connectivity index (χ1v) is 4.53. The van der Waals surface area contributed by atoms with Crippen molar-refractivity contribution in [3.8, 4) is 0 Å². The molecule has 0 atom stereocenters. The molecule has 1 aliphatic rings. The first kappa shape index (κ1) is 10.9. The number of aliphatic hydroxyl groups is 2. The van der Waals surface area contributed by atoms with Crippen molar-refractivity contribution in [3.05, 3.63) is 35.5 Å². The minimum Gasteiger partial charge on any atom is -0.392 e. The van der Waals surface area contributed by atoms with Crippen LogP contribution in [0.25, 0.3) is 0 Å². The second kappa shape index (κ2) is 4.88. The summed E-state index contributed by atoms with van der Waals surface area (Å²) in [7, 11) is 0. The molecule has 0 saturated carbocycles. The fourth-order valence-electron chi connectivity index (χ4n) is 1.63. The van der Waals surface area contributed by atoms with Gasteiger partial charge in [0.2, 0.25) is 0 Å². The number of rotatable bonds is 4. The van der Waals surface area contributed by atoms with Crippen molar-refractivity contribution in [2.75, 3.05) is 13.2 Å². The lowest BCUT2D eigenvalue weighted by molar-refractivity contribution is -0.114. The van der Waals surface area contributed by atoms with E-state index in [0.29, 0.717) is 24.0 Å². The van der Waals surface area contributed by atoms with Gasteiger partial charge in [0, 0.05) is 12.0 Å². The number of carbonyl (C=O) groups excluding carboxylic acids is 1. The highest BCUT2D eigenvalue weighted by molar-refractivity contribution is 6.02. The molecule has 0 saturated heterocycles. The Morgan fingerprint density at radius 1 is 1.43 bits per heavy atom. The molecule has 3 nitrogen and oxygen atoms in total. The van der Waals surface area contributed by atoms with Gasteiger partial charge in [-0.3, -0.25) is 4.79 Å². The van der Waals surface area contributed by atoms with Crippen LogP contribution in [0, 0.1) is 0 Å². The number of carbonyl (C=O) groups is 1. The van der Waals surface area contributed by atoms with E-state index >= 15 is 0 Å². The molecule has 76 valence electrons. The third kappa shape index (κ3) is 2.00. The second-order valence-corrected chi connectivity index (χ2v) is 3.15. The van der Waals surface area contributed by atoms with E-state index in [1.54, 1.807) is 6.08 Å². The summed E-state index contributed by atoms with van der Waals surface area (Å²) in [4.78, 5) is 11.5. The van der Waals surface area contributed by atoms with E-state index in [0.717, 1.165) is 5.57 Å². The highest BCUT2D eigenvalue weighted by Crippen LogP contribution is 2.27. The first-order valence-electron chi connectivity index (χ1n) is 4.53. The minimum atomic E-state index is -0.198. The zero-order chi connectivity index (χ0) is 10.6. The van der Waals surface area contributed by atoms with Gasteiger partial charge in [-0.25, -0.2) is 0 Å². The summed E-state index contributed by atoms with van der Waals surface area (Å²) in [5.74, 6) is -0.00352.